The van der Waals surface area contributed by atoms with Gasteiger partial charge >= 0.3 is 0 Å². The highest BCUT2D eigenvalue weighted by Gasteiger charge is 2.24. The van der Waals surface area contributed by atoms with E-state index >= 15 is 0 Å². The number of rotatable bonds is 7. The second kappa shape index (κ2) is 9.99. The normalized spacial score (nSPS) is 12.3. The predicted octanol–water partition coefficient (Wildman–Crippen LogP) is 10.4. The number of unbranched alkanes of at least 4 members (excludes halogenated alkanes) is 2. The topological polar surface area (TPSA) is 38.2 Å². The summed E-state index contributed by atoms with van der Waals surface area (Å²) in [5.74, 6) is 1.79. The summed E-state index contributed by atoms with van der Waals surface area (Å²) in [4.78, 5) is 13.2. The summed E-state index contributed by atoms with van der Waals surface area (Å²) in [6.45, 7) is 6.65. The first-order chi connectivity index (χ1) is 20.7. The van der Waals surface area contributed by atoms with E-state index in [1.165, 1.54) is 42.1 Å². The van der Waals surface area contributed by atoms with Crippen molar-refractivity contribution in [3.63, 3.8) is 0 Å². The van der Waals surface area contributed by atoms with E-state index in [0.29, 0.717) is 0 Å². The summed E-state index contributed by atoms with van der Waals surface area (Å²) in [5, 5.41) is 6.87. The average Bonchev–Trinajstić information content (AvgIpc) is 3.04. The summed E-state index contributed by atoms with van der Waals surface area (Å²) < 4.78 is 6.64. The van der Waals surface area contributed by atoms with E-state index in [9.17, 15) is 0 Å². The largest absolute Gasteiger partial charge is 0.456 e. The van der Waals surface area contributed by atoms with Crippen molar-refractivity contribution in [2.24, 2.45) is 0 Å². The molecule has 0 atom stereocenters. The highest BCUT2D eigenvalue weighted by Crippen LogP contribution is 2.49. The van der Waals surface area contributed by atoms with Crippen LogP contribution in [0, 0.1) is 0 Å². The maximum Gasteiger partial charge on any atom is 0.137 e. The van der Waals surface area contributed by atoms with E-state index in [1.54, 1.807) is 0 Å². The maximum atomic E-state index is 6.64. The summed E-state index contributed by atoms with van der Waals surface area (Å²) in [5.41, 5.74) is 7.22. The van der Waals surface area contributed by atoms with Gasteiger partial charge in [0, 0.05) is 52.0 Å². The number of hydrogen-bond donors (Lipinski definition) is 0. The number of aromatic nitrogens is 2. The molecule has 0 amide bonds. The van der Waals surface area contributed by atoms with Gasteiger partial charge < -0.3 is 9.64 Å². The SMILES string of the molecule is CCCCN(CCCC)c1ccc2c(c1)Oc1cccc3c1c-2cc1nc2c4ccccc4c4ccccc4c2nc13. The van der Waals surface area contributed by atoms with Crippen LogP contribution in [-0.4, -0.2) is 23.1 Å². The average molecular weight is 548 g/mol. The van der Waals surface area contributed by atoms with Crippen LogP contribution in [0.4, 0.5) is 5.69 Å². The van der Waals surface area contributed by atoms with E-state index in [-0.39, 0.29) is 0 Å². The molecule has 4 nitrogen and oxygen atoms in total. The molecule has 4 heteroatoms. The third-order valence-electron chi connectivity index (χ3n) is 8.81. The Labute approximate surface area is 245 Å². The number of ether oxygens (including phenoxy) is 1. The Morgan fingerprint density at radius 1 is 0.571 bits per heavy atom. The third kappa shape index (κ3) is 3.82. The molecule has 6 aromatic carbocycles. The number of nitrogens with zero attached hydrogens (tertiary/aromatic N) is 3. The van der Waals surface area contributed by atoms with Crippen molar-refractivity contribution < 1.29 is 4.74 Å². The fourth-order valence-corrected chi connectivity index (χ4v) is 6.69. The van der Waals surface area contributed by atoms with Gasteiger partial charge in [-0.25, -0.2) is 9.97 Å². The van der Waals surface area contributed by atoms with Crippen LogP contribution < -0.4 is 9.64 Å². The molecule has 0 saturated carbocycles. The number of anilines is 1. The lowest BCUT2D eigenvalue weighted by molar-refractivity contribution is 0.487. The van der Waals surface area contributed by atoms with Crippen LogP contribution in [0.15, 0.2) is 91.0 Å². The fraction of sp³-hybridized carbons (Fsp3) is 0.211. The molecular weight excluding hydrogens is 514 g/mol. The zero-order valence-corrected chi connectivity index (χ0v) is 24.2. The molecule has 42 heavy (non-hydrogen) atoms. The van der Waals surface area contributed by atoms with E-state index in [1.807, 2.05) is 0 Å². The van der Waals surface area contributed by atoms with Crippen LogP contribution in [0.25, 0.3) is 65.5 Å². The van der Waals surface area contributed by atoms with Crippen LogP contribution in [0.1, 0.15) is 39.5 Å². The van der Waals surface area contributed by atoms with Crippen molar-refractivity contribution >= 4 is 60.1 Å². The van der Waals surface area contributed by atoms with Crippen molar-refractivity contribution in [3.8, 4) is 22.6 Å². The smallest absolute Gasteiger partial charge is 0.137 e. The molecule has 2 heterocycles. The minimum absolute atomic E-state index is 0.882. The second-order valence-electron chi connectivity index (χ2n) is 11.5. The van der Waals surface area contributed by atoms with E-state index < -0.39 is 0 Å². The molecule has 0 N–H and O–H groups in total. The number of benzene rings is 6. The molecule has 1 aliphatic heterocycles. The van der Waals surface area contributed by atoms with Crippen molar-refractivity contribution in [1.29, 1.82) is 0 Å². The number of fused-ring (bicyclic) bond motifs is 10. The van der Waals surface area contributed by atoms with Crippen LogP contribution >= 0.6 is 0 Å². The Balaban J connectivity index is 1.38. The Kier molecular flexibility index (Phi) is 5.96. The van der Waals surface area contributed by atoms with Crippen LogP contribution in [0.5, 0.6) is 11.5 Å². The van der Waals surface area contributed by atoms with Gasteiger partial charge in [-0.05, 0) is 53.4 Å². The molecule has 206 valence electrons. The van der Waals surface area contributed by atoms with Crippen LogP contribution in [0.3, 0.4) is 0 Å². The molecule has 1 aliphatic rings. The highest BCUT2D eigenvalue weighted by molar-refractivity contribution is 6.25. The van der Waals surface area contributed by atoms with Gasteiger partial charge in [0.2, 0.25) is 0 Å². The molecule has 0 unspecified atom stereocenters. The second-order valence-corrected chi connectivity index (χ2v) is 11.5. The summed E-state index contributed by atoms with van der Waals surface area (Å²) >= 11 is 0. The van der Waals surface area contributed by atoms with Gasteiger partial charge in [0.15, 0.2) is 0 Å². The van der Waals surface area contributed by atoms with Crippen molar-refractivity contribution in [3.05, 3.63) is 91.0 Å². The van der Waals surface area contributed by atoms with Gasteiger partial charge in [-0.1, -0.05) is 87.4 Å². The molecule has 0 spiro atoms. The van der Waals surface area contributed by atoms with Gasteiger partial charge in [-0.15, -0.1) is 0 Å². The van der Waals surface area contributed by atoms with Gasteiger partial charge in [0.05, 0.1) is 22.1 Å². The molecule has 0 radical (unpaired) electrons. The van der Waals surface area contributed by atoms with Gasteiger partial charge in [-0.3, -0.25) is 0 Å². The lowest BCUT2D eigenvalue weighted by Crippen LogP contribution is -2.25. The summed E-state index contributed by atoms with van der Waals surface area (Å²) in [6, 6.07) is 32.4. The lowest BCUT2D eigenvalue weighted by Gasteiger charge is -2.27. The number of hydrogen-bond acceptors (Lipinski definition) is 4. The van der Waals surface area contributed by atoms with Crippen molar-refractivity contribution in [2.45, 2.75) is 39.5 Å². The minimum atomic E-state index is 0.882. The van der Waals surface area contributed by atoms with E-state index in [0.717, 1.165) is 79.3 Å². The minimum Gasteiger partial charge on any atom is -0.456 e. The highest BCUT2D eigenvalue weighted by atomic mass is 16.5. The van der Waals surface area contributed by atoms with Gasteiger partial charge in [0.25, 0.3) is 0 Å². The monoisotopic (exact) mass is 547 g/mol. The Morgan fingerprint density at radius 3 is 1.90 bits per heavy atom. The van der Waals surface area contributed by atoms with Crippen molar-refractivity contribution in [1.82, 2.24) is 9.97 Å². The first-order valence-electron chi connectivity index (χ1n) is 15.3. The lowest BCUT2D eigenvalue weighted by atomic mass is 9.93. The van der Waals surface area contributed by atoms with Crippen LogP contribution in [-0.2, 0) is 0 Å². The molecular formula is C38H33N3O. The fourth-order valence-electron chi connectivity index (χ4n) is 6.69. The quantitative estimate of drug-likeness (QED) is 0.147. The van der Waals surface area contributed by atoms with E-state index in [4.69, 9.17) is 14.7 Å². The first kappa shape index (κ1) is 25.0. The first-order valence-corrected chi connectivity index (χ1v) is 15.3. The zero-order chi connectivity index (χ0) is 28.2. The molecule has 1 aromatic heterocycles. The molecule has 7 aromatic rings. The molecule has 8 rings (SSSR count). The van der Waals surface area contributed by atoms with Gasteiger partial charge in [0.1, 0.15) is 11.5 Å². The van der Waals surface area contributed by atoms with Crippen LogP contribution in [0.2, 0.25) is 0 Å². The molecule has 0 aliphatic carbocycles. The zero-order valence-electron chi connectivity index (χ0n) is 24.2. The Morgan fingerprint density at radius 2 is 1.21 bits per heavy atom. The maximum absolute atomic E-state index is 6.64. The Bertz CT molecular complexity index is 2160. The summed E-state index contributed by atoms with van der Waals surface area (Å²) in [7, 11) is 0. The van der Waals surface area contributed by atoms with Crippen molar-refractivity contribution in [2.75, 3.05) is 18.0 Å². The predicted molar refractivity (Wildman–Crippen MR) is 177 cm³/mol. The van der Waals surface area contributed by atoms with E-state index in [2.05, 4.69) is 110 Å². The molecule has 0 bridgehead atoms. The molecule has 0 fully saturated rings. The Hall–Kier alpha value is -4.70. The summed E-state index contributed by atoms with van der Waals surface area (Å²) in [6.07, 6.45) is 4.75. The molecule has 0 saturated heterocycles. The van der Waals surface area contributed by atoms with Gasteiger partial charge in [-0.2, -0.15) is 0 Å². The third-order valence-corrected chi connectivity index (χ3v) is 8.81. The standard InChI is InChI=1S/C38H33N3O/c1-3-5-20-41(21-6-4-2)24-18-19-27-31-23-32-36(30-16-11-17-33(35(30)31)42-34(27)22-24)40-38-29-15-10-8-13-26(29)25-12-7-9-14-28(25)37(38)39-32/h7-19,22-23H,3-6,20-21H2,1-2H3.